The second kappa shape index (κ2) is 5.35. The minimum absolute atomic E-state index is 0.00289. The van der Waals surface area contributed by atoms with Crippen molar-refractivity contribution in [1.29, 1.82) is 0 Å². The van der Waals surface area contributed by atoms with Crippen molar-refractivity contribution in [2.45, 2.75) is 24.9 Å². The summed E-state index contributed by atoms with van der Waals surface area (Å²) in [5.41, 5.74) is 2.24. The summed E-state index contributed by atoms with van der Waals surface area (Å²) in [6.07, 6.45) is 8.46. The van der Waals surface area contributed by atoms with Crippen molar-refractivity contribution >= 4 is 0 Å². The molecule has 17 heavy (non-hydrogen) atoms. The zero-order valence-corrected chi connectivity index (χ0v) is 10.3. The van der Waals surface area contributed by atoms with Gasteiger partial charge in [-0.3, -0.25) is 0 Å². The Kier molecular flexibility index (Phi) is 3.83. The van der Waals surface area contributed by atoms with Crippen LogP contribution in [0.25, 0.3) is 0 Å². The van der Waals surface area contributed by atoms with E-state index in [-0.39, 0.29) is 5.60 Å². The Morgan fingerprint density at radius 2 is 1.94 bits per heavy atom. The molecule has 1 aliphatic heterocycles. The van der Waals surface area contributed by atoms with E-state index in [0.717, 1.165) is 37.9 Å². The maximum absolute atomic E-state index is 5.76. The quantitative estimate of drug-likeness (QED) is 0.800. The van der Waals surface area contributed by atoms with Crippen LogP contribution in [0.3, 0.4) is 0 Å². The molecule has 1 aromatic carbocycles. The van der Waals surface area contributed by atoms with Crippen LogP contribution in [0.5, 0.6) is 0 Å². The molecule has 0 amide bonds. The van der Waals surface area contributed by atoms with Crippen LogP contribution in [0.2, 0.25) is 0 Å². The number of hydrogen-bond donors (Lipinski definition) is 1. The van der Waals surface area contributed by atoms with Crippen molar-refractivity contribution in [2.75, 3.05) is 20.2 Å². The first-order valence-electron chi connectivity index (χ1n) is 6.09. The Balaban J connectivity index is 2.09. The molecule has 1 aliphatic rings. The average Bonchev–Trinajstić information content (AvgIpc) is 2.41. The number of piperidine rings is 1. The molecule has 1 aromatic rings. The molecular weight excluding hydrogens is 210 g/mol. The van der Waals surface area contributed by atoms with E-state index in [1.54, 1.807) is 0 Å². The van der Waals surface area contributed by atoms with Crippen LogP contribution < -0.4 is 5.32 Å². The molecule has 90 valence electrons. The van der Waals surface area contributed by atoms with Crippen LogP contribution in [0, 0.1) is 12.3 Å². The largest absolute Gasteiger partial charge is 0.378 e. The molecule has 1 N–H and O–H groups in total. The second-order valence-corrected chi connectivity index (χ2v) is 4.66. The molecule has 0 aliphatic carbocycles. The van der Waals surface area contributed by atoms with E-state index >= 15 is 0 Å². The highest BCUT2D eigenvalue weighted by Gasteiger charge is 2.31. The molecule has 2 rings (SSSR count). The van der Waals surface area contributed by atoms with Crippen LogP contribution in [0.15, 0.2) is 24.3 Å². The molecule has 1 heterocycles. The molecule has 0 bridgehead atoms. The summed E-state index contributed by atoms with van der Waals surface area (Å²) >= 11 is 0. The minimum Gasteiger partial charge on any atom is -0.378 e. The summed E-state index contributed by atoms with van der Waals surface area (Å²) in [5, 5.41) is 3.37. The summed E-state index contributed by atoms with van der Waals surface area (Å²) in [4.78, 5) is 0. The van der Waals surface area contributed by atoms with Gasteiger partial charge in [0.25, 0.3) is 0 Å². The maximum Gasteiger partial charge on any atom is 0.0743 e. The molecule has 0 saturated carbocycles. The summed E-state index contributed by atoms with van der Waals surface area (Å²) in [6.45, 7) is 2.08. The van der Waals surface area contributed by atoms with Crippen molar-refractivity contribution in [3.8, 4) is 12.3 Å². The first kappa shape index (κ1) is 12.2. The first-order valence-corrected chi connectivity index (χ1v) is 6.09. The minimum atomic E-state index is 0.00289. The Morgan fingerprint density at radius 1 is 1.29 bits per heavy atom. The third kappa shape index (κ3) is 2.88. The topological polar surface area (TPSA) is 21.3 Å². The number of methoxy groups -OCH3 is 1. The summed E-state index contributed by atoms with van der Waals surface area (Å²) < 4.78 is 5.76. The summed E-state index contributed by atoms with van der Waals surface area (Å²) in [6, 6.07) is 8.22. The van der Waals surface area contributed by atoms with E-state index < -0.39 is 0 Å². The highest BCUT2D eigenvalue weighted by atomic mass is 16.5. The zero-order valence-electron chi connectivity index (χ0n) is 10.3. The number of rotatable bonds is 3. The Bertz CT molecular complexity index is 396. The molecule has 0 radical (unpaired) electrons. The fourth-order valence-electron chi connectivity index (χ4n) is 2.43. The van der Waals surface area contributed by atoms with Gasteiger partial charge in [-0.2, -0.15) is 0 Å². The fourth-order valence-corrected chi connectivity index (χ4v) is 2.43. The van der Waals surface area contributed by atoms with Crippen molar-refractivity contribution < 1.29 is 4.74 Å². The van der Waals surface area contributed by atoms with E-state index in [1.165, 1.54) is 5.56 Å². The monoisotopic (exact) mass is 229 g/mol. The van der Waals surface area contributed by atoms with Crippen LogP contribution >= 0.6 is 0 Å². The molecule has 0 atom stereocenters. The van der Waals surface area contributed by atoms with Gasteiger partial charge in [0.2, 0.25) is 0 Å². The summed E-state index contributed by atoms with van der Waals surface area (Å²) in [5.74, 6) is 2.64. The molecule has 0 aromatic heterocycles. The Morgan fingerprint density at radius 3 is 2.47 bits per heavy atom. The van der Waals surface area contributed by atoms with Crippen molar-refractivity contribution in [3.05, 3.63) is 35.4 Å². The lowest BCUT2D eigenvalue weighted by Gasteiger charge is -2.36. The second-order valence-electron chi connectivity index (χ2n) is 4.66. The molecule has 0 spiro atoms. The van der Waals surface area contributed by atoms with Gasteiger partial charge in [-0.15, -0.1) is 6.42 Å². The van der Waals surface area contributed by atoms with Crippen LogP contribution in [0.4, 0.5) is 0 Å². The first-order chi connectivity index (χ1) is 8.28. The van der Waals surface area contributed by atoms with Gasteiger partial charge in [0.1, 0.15) is 0 Å². The van der Waals surface area contributed by atoms with Crippen LogP contribution in [-0.2, 0) is 11.2 Å². The number of nitrogens with one attached hydrogen (secondary N) is 1. The fraction of sp³-hybridized carbons (Fsp3) is 0.467. The summed E-state index contributed by atoms with van der Waals surface area (Å²) in [7, 11) is 1.82. The number of terminal acetylenes is 1. The van der Waals surface area contributed by atoms with Crippen molar-refractivity contribution in [3.63, 3.8) is 0 Å². The van der Waals surface area contributed by atoms with Gasteiger partial charge in [0.15, 0.2) is 0 Å². The van der Waals surface area contributed by atoms with E-state index in [1.807, 2.05) is 19.2 Å². The van der Waals surface area contributed by atoms with E-state index in [4.69, 9.17) is 11.2 Å². The van der Waals surface area contributed by atoms with Crippen LogP contribution in [0.1, 0.15) is 24.0 Å². The van der Waals surface area contributed by atoms with Crippen molar-refractivity contribution in [2.24, 2.45) is 0 Å². The van der Waals surface area contributed by atoms with E-state index in [2.05, 4.69) is 23.4 Å². The van der Waals surface area contributed by atoms with Gasteiger partial charge < -0.3 is 10.1 Å². The number of benzene rings is 1. The molecule has 1 saturated heterocycles. The SMILES string of the molecule is C#Cc1ccc(CC2(OC)CCNCC2)cc1. The van der Waals surface area contributed by atoms with Gasteiger partial charge in [0.05, 0.1) is 5.60 Å². The standard InChI is InChI=1S/C15H19NO/c1-3-13-4-6-14(7-5-13)12-15(17-2)8-10-16-11-9-15/h1,4-7,16H,8-12H2,2H3. The lowest BCUT2D eigenvalue weighted by atomic mass is 9.85. The van der Waals surface area contributed by atoms with E-state index in [0.29, 0.717) is 0 Å². The van der Waals surface area contributed by atoms with Crippen LogP contribution in [-0.4, -0.2) is 25.8 Å². The lowest BCUT2D eigenvalue weighted by molar-refractivity contribution is -0.0333. The van der Waals surface area contributed by atoms with Gasteiger partial charge in [-0.1, -0.05) is 18.1 Å². The van der Waals surface area contributed by atoms with Gasteiger partial charge >= 0.3 is 0 Å². The highest BCUT2D eigenvalue weighted by molar-refractivity contribution is 5.34. The predicted molar refractivity (Wildman–Crippen MR) is 69.9 cm³/mol. The molecule has 0 unspecified atom stereocenters. The Labute approximate surface area is 103 Å². The molecule has 1 fully saturated rings. The van der Waals surface area contributed by atoms with Crippen molar-refractivity contribution in [1.82, 2.24) is 5.32 Å². The van der Waals surface area contributed by atoms with Gasteiger partial charge in [-0.25, -0.2) is 0 Å². The lowest BCUT2D eigenvalue weighted by Crippen LogP contribution is -2.44. The third-order valence-corrected chi connectivity index (χ3v) is 3.59. The predicted octanol–water partition coefficient (Wildman–Crippen LogP) is 1.98. The maximum atomic E-state index is 5.76. The Hall–Kier alpha value is -1.30. The molecular formula is C15H19NO. The highest BCUT2D eigenvalue weighted by Crippen LogP contribution is 2.27. The number of hydrogen-bond acceptors (Lipinski definition) is 2. The molecule has 2 nitrogen and oxygen atoms in total. The van der Waals surface area contributed by atoms with E-state index in [9.17, 15) is 0 Å². The molecule has 2 heteroatoms. The number of ether oxygens (including phenoxy) is 1. The van der Waals surface area contributed by atoms with Gasteiger partial charge in [0, 0.05) is 19.1 Å². The van der Waals surface area contributed by atoms with Gasteiger partial charge in [-0.05, 0) is 43.6 Å². The smallest absolute Gasteiger partial charge is 0.0743 e. The average molecular weight is 229 g/mol. The normalized spacial score (nSPS) is 18.6. The zero-order chi connectivity index (χ0) is 12.1. The third-order valence-electron chi connectivity index (χ3n) is 3.59.